The Hall–Kier alpha value is -1.61. The molecule has 2 aromatic carbocycles. The van der Waals surface area contributed by atoms with Crippen molar-refractivity contribution in [3.05, 3.63) is 48.0 Å². The van der Waals surface area contributed by atoms with Crippen molar-refractivity contribution in [3.8, 4) is 5.75 Å². The van der Waals surface area contributed by atoms with Crippen molar-refractivity contribution in [3.63, 3.8) is 0 Å². The number of para-hydroxylation sites is 1. The van der Waals surface area contributed by atoms with Crippen molar-refractivity contribution in [2.75, 3.05) is 17.9 Å². The van der Waals surface area contributed by atoms with Gasteiger partial charge in [0.2, 0.25) is 0 Å². The first-order valence-electron chi connectivity index (χ1n) is 5.93. The van der Waals surface area contributed by atoms with Gasteiger partial charge in [-0.1, -0.05) is 12.1 Å². The molecule has 0 spiro atoms. The largest absolute Gasteiger partial charge is 0.497 e. The fourth-order valence-corrected chi connectivity index (χ4v) is 3.39. The standard InChI is InChI=1S/C15H15NOS/c1-11-4-3-5-14-15(11)16(10-18-14)12-6-8-13(17-2)9-7-12/h3-9H,10H2,1-2H3. The zero-order valence-corrected chi connectivity index (χ0v) is 11.3. The van der Waals surface area contributed by atoms with Crippen LogP contribution in [0.25, 0.3) is 0 Å². The molecule has 3 rings (SSSR count). The average molecular weight is 257 g/mol. The van der Waals surface area contributed by atoms with Crippen LogP contribution >= 0.6 is 11.8 Å². The van der Waals surface area contributed by atoms with E-state index >= 15 is 0 Å². The van der Waals surface area contributed by atoms with Gasteiger partial charge in [0, 0.05) is 10.6 Å². The van der Waals surface area contributed by atoms with E-state index < -0.39 is 0 Å². The first kappa shape index (κ1) is 11.5. The summed E-state index contributed by atoms with van der Waals surface area (Å²) in [6.45, 7) is 2.17. The smallest absolute Gasteiger partial charge is 0.119 e. The van der Waals surface area contributed by atoms with Crippen LogP contribution in [0.1, 0.15) is 5.56 Å². The lowest BCUT2D eigenvalue weighted by Gasteiger charge is -2.20. The van der Waals surface area contributed by atoms with Crippen molar-refractivity contribution >= 4 is 23.1 Å². The molecule has 1 heterocycles. The number of hydrogen-bond acceptors (Lipinski definition) is 3. The number of thioether (sulfide) groups is 1. The third-order valence-corrected chi connectivity index (χ3v) is 4.23. The molecule has 0 fully saturated rings. The molecule has 2 nitrogen and oxygen atoms in total. The van der Waals surface area contributed by atoms with E-state index in [9.17, 15) is 0 Å². The van der Waals surface area contributed by atoms with Crippen molar-refractivity contribution in [1.82, 2.24) is 0 Å². The van der Waals surface area contributed by atoms with E-state index in [1.165, 1.54) is 21.8 Å². The monoisotopic (exact) mass is 257 g/mol. The molecule has 0 unspecified atom stereocenters. The van der Waals surface area contributed by atoms with E-state index in [2.05, 4.69) is 42.2 Å². The number of methoxy groups -OCH3 is 1. The van der Waals surface area contributed by atoms with Crippen LogP contribution in [0, 0.1) is 6.92 Å². The summed E-state index contributed by atoms with van der Waals surface area (Å²) in [4.78, 5) is 3.72. The van der Waals surface area contributed by atoms with Crippen LogP contribution in [0.2, 0.25) is 0 Å². The van der Waals surface area contributed by atoms with E-state index in [0.29, 0.717) is 0 Å². The molecule has 3 heteroatoms. The van der Waals surface area contributed by atoms with E-state index in [1.807, 2.05) is 23.9 Å². The van der Waals surface area contributed by atoms with Crippen molar-refractivity contribution < 1.29 is 4.74 Å². The van der Waals surface area contributed by atoms with E-state index in [-0.39, 0.29) is 0 Å². The van der Waals surface area contributed by atoms with E-state index in [0.717, 1.165) is 11.6 Å². The molecule has 1 aliphatic rings. The number of hydrogen-bond donors (Lipinski definition) is 0. The summed E-state index contributed by atoms with van der Waals surface area (Å²) in [5.74, 6) is 1.88. The molecule has 92 valence electrons. The number of fused-ring (bicyclic) bond motifs is 1. The lowest BCUT2D eigenvalue weighted by Crippen LogP contribution is -2.12. The van der Waals surface area contributed by atoms with Crippen LogP contribution in [-0.2, 0) is 0 Å². The molecule has 18 heavy (non-hydrogen) atoms. The third kappa shape index (κ3) is 1.85. The molecule has 1 aliphatic heterocycles. The predicted octanol–water partition coefficient (Wildman–Crippen LogP) is 4.20. The molecule has 2 aromatic rings. The highest BCUT2D eigenvalue weighted by Crippen LogP contribution is 2.44. The number of ether oxygens (including phenoxy) is 1. The van der Waals surface area contributed by atoms with Crippen LogP contribution in [0.3, 0.4) is 0 Å². The fourth-order valence-electron chi connectivity index (χ4n) is 2.26. The van der Waals surface area contributed by atoms with E-state index in [4.69, 9.17) is 4.74 Å². The summed E-state index contributed by atoms with van der Waals surface area (Å²) in [6, 6.07) is 14.7. The van der Waals surface area contributed by atoms with Gasteiger partial charge in [-0.05, 0) is 42.8 Å². The summed E-state index contributed by atoms with van der Waals surface area (Å²) in [7, 11) is 1.69. The van der Waals surface area contributed by atoms with Crippen molar-refractivity contribution in [1.29, 1.82) is 0 Å². The second-order valence-corrected chi connectivity index (χ2v) is 5.31. The molecule has 0 bridgehead atoms. The van der Waals surface area contributed by atoms with Gasteiger partial charge in [0.1, 0.15) is 5.75 Å². The zero-order valence-electron chi connectivity index (χ0n) is 10.5. The van der Waals surface area contributed by atoms with Gasteiger partial charge in [0.25, 0.3) is 0 Å². The van der Waals surface area contributed by atoms with Crippen LogP contribution in [0.4, 0.5) is 11.4 Å². The van der Waals surface area contributed by atoms with Gasteiger partial charge in [0.15, 0.2) is 0 Å². The fraction of sp³-hybridized carbons (Fsp3) is 0.200. The minimum atomic E-state index is 0.899. The minimum absolute atomic E-state index is 0.899. The Morgan fingerprint density at radius 3 is 2.61 bits per heavy atom. The average Bonchev–Trinajstić information content (AvgIpc) is 2.84. The molecule has 0 saturated carbocycles. The predicted molar refractivity (Wildman–Crippen MR) is 77.0 cm³/mol. The van der Waals surface area contributed by atoms with Crippen LogP contribution in [-0.4, -0.2) is 13.0 Å². The SMILES string of the molecule is COc1ccc(N2CSc3cccc(C)c32)cc1. The Labute approximate surface area is 112 Å². The normalized spacial score (nSPS) is 13.6. The van der Waals surface area contributed by atoms with Gasteiger partial charge < -0.3 is 9.64 Å². The molecular formula is C15H15NOS. The maximum Gasteiger partial charge on any atom is 0.119 e. The van der Waals surface area contributed by atoms with Gasteiger partial charge in [-0.3, -0.25) is 0 Å². The second-order valence-electron chi connectivity index (χ2n) is 4.32. The Kier molecular flexibility index (Phi) is 2.92. The molecule has 0 aromatic heterocycles. The summed E-state index contributed by atoms with van der Waals surface area (Å²) in [5.41, 5.74) is 3.89. The topological polar surface area (TPSA) is 12.5 Å². The summed E-state index contributed by atoms with van der Waals surface area (Å²) in [6.07, 6.45) is 0. The Balaban J connectivity index is 2.00. The second kappa shape index (κ2) is 4.58. The maximum atomic E-state index is 5.20. The van der Waals surface area contributed by atoms with Gasteiger partial charge in [-0.25, -0.2) is 0 Å². The molecule has 0 radical (unpaired) electrons. The van der Waals surface area contributed by atoms with Gasteiger partial charge >= 0.3 is 0 Å². The van der Waals surface area contributed by atoms with Crippen LogP contribution < -0.4 is 9.64 Å². The summed E-state index contributed by atoms with van der Waals surface area (Å²) < 4.78 is 5.20. The Morgan fingerprint density at radius 1 is 1.11 bits per heavy atom. The van der Waals surface area contributed by atoms with Crippen molar-refractivity contribution in [2.24, 2.45) is 0 Å². The lowest BCUT2D eigenvalue weighted by molar-refractivity contribution is 0.415. The Bertz CT molecular complexity index is 565. The quantitative estimate of drug-likeness (QED) is 0.800. The zero-order chi connectivity index (χ0) is 12.5. The molecule has 0 aliphatic carbocycles. The van der Waals surface area contributed by atoms with E-state index in [1.54, 1.807) is 7.11 Å². The van der Waals surface area contributed by atoms with Crippen LogP contribution in [0.15, 0.2) is 47.4 Å². The number of nitrogens with zero attached hydrogens (tertiary/aromatic N) is 1. The lowest BCUT2D eigenvalue weighted by atomic mass is 10.1. The van der Waals surface area contributed by atoms with Gasteiger partial charge in [-0.15, -0.1) is 11.8 Å². The third-order valence-electron chi connectivity index (χ3n) is 3.20. The highest BCUT2D eigenvalue weighted by Gasteiger charge is 2.22. The Morgan fingerprint density at radius 2 is 1.89 bits per heavy atom. The number of benzene rings is 2. The first-order valence-corrected chi connectivity index (χ1v) is 6.92. The molecular weight excluding hydrogens is 242 g/mol. The van der Waals surface area contributed by atoms with Crippen LogP contribution in [0.5, 0.6) is 5.75 Å². The molecule has 0 amide bonds. The van der Waals surface area contributed by atoms with Gasteiger partial charge in [-0.2, -0.15) is 0 Å². The maximum absolute atomic E-state index is 5.20. The number of rotatable bonds is 2. The van der Waals surface area contributed by atoms with Crippen molar-refractivity contribution in [2.45, 2.75) is 11.8 Å². The minimum Gasteiger partial charge on any atom is -0.497 e. The highest BCUT2D eigenvalue weighted by molar-refractivity contribution is 7.99. The summed E-state index contributed by atoms with van der Waals surface area (Å²) in [5, 5.41) is 0. The summed E-state index contributed by atoms with van der Waals surface area (Å²) >= 11 is 1.89. The van der Waals surface area contributed by atoms with Gasteiger partial charge in [0.05, 0.1) is 18.7 Å². The molecule has 0 saturated heterocycles. The highest BCUT2D eigenvalue weighted by atomic mass is 32.2. The molecule has 0 N–H and O–H groups in total. The first-order chi connectivity index (χ1) is 8.79. The number of anilines is 2. The molecule has 0 atom stereocenters. The number of aryl methyl sites for hydroxylation is 1.